The molecule has 1 amide bonds. The highest BCUT2D eigenvalue weighted by molar-refractivity contribution is 8.00. The third-order valence-corrected chi connectivity index (χ3v) is 4.56. The van der Waals surface area contributed by atoms with Crippen LogP contribution in [0.4, 0.5) is 0 Å². The van der Waals surface area contributed by atoms with Crippen LogP contribution in [-0.4, -0.2) is 28.3 Å². The van der Waals surface area contributed by atoms with Crippen molar-refractivity contribution in [3.63, 3.8) is 0 Å². The van der Waals surface area contributed by atoms with Gasteiger partial charge in [0.15, 0.2) is 0 Å². The van der Waals surface area contributed by atoms with E-state index in [1.54, 1.807) is 18.2 Å². The molecule has 0 saturated heterocycles. The van der Waals surface area contributed by atoms with E-state index in [4.69, 9.17) is 5.11 Å². The molecule has 5 heteroatoms. The molecule has 1 aliphatic rings. The molecule has 1 saturated carbocycles. The lowest BCUT2D eigenvalue weighted by atomic mass is 10.2. The molecule has 1 aliphatic carbocycles. The molecular formula is C15H19NO3S. The van der Waals surface area contributed by atoms with E-state index in [2.05, 4.69) is 5.32 Å². The molecule has 1 atom stereocenters. The Labute approximate surface area is 123 Å². The van der Waals surface area contributed by atoms with Crippen molar-refractivity contribution in [3.05, 3.63) is 29.8 Å². The second-order valence-electron chi connectivity index (χ2n) is 5.08. The molecule has 0 spiro atoms. The second-order valence-corrected chi connectivity index (χ2v) is 6.50. The molecule has 1 fully saturated rings. The molecule has 108 valence electrons. The Morgan fingerprint density at radius 2 is 2.05 bits per heavy atom. The zero-order valence-electron chi connectivity index (χ0n) is 11.5. The van der Waals surface area contributed by atoms with E-state index in [1.807, 2.05) is 13.0 Å². The van der Waals surface area contributed by atoms with Crippen molar-refractivity contribution in [2.45, 2.75) is 48.8 Å². The van der Waals surface area contributed by atoms with E-state index < -0.39 is 5.97 Å². The summed E-state index contributed by atoms with van der Waals surface area (Å²) in [4.78, 5) is 23.8. The largest absolute Gasteiger partial charge is 0.478 e. The van der Waals surface area contributed by atoms with Crippen LogP contribution in [0.25, 0.3) is 0 Å². The van der Waals surface area contributed by atoms with Crippen LogP contribution in [0.5, 0.6) is 0 Å². The molecule has 2 N–H and O–H groups in total. The maximum Gasteiger partial charge on any atom is 0.335 e. The van der Waals surface area contributed by atoms with E-state index in [0.717, 1.165) is 17.7 Å². The fraction of sp³-hybridized carbons (Fsp3) is 0.467. The Morgan fingerprint density at radius 1 is 1.35 bits per heavy atom. The highest BCUT2D eigenvalue weighted by Gasteiger charge is 2.21. The molecule has 0 radical (unpaired) electrons. The van der Waals surface area contributed by atoms with E-state index in [-0.39, 0.29) is 16.7 Å². The number of carboxylic acids is 1. The van der Waals surface area contributed by atoms with Crippen LogP contribution in [0.1, 0.15) is 43.0 Å². The van der Waals surface area contributed by atoms with Crippen LogP contribution in [0.15, 0.2) is 29.2 Å². The summed E-state index contributed by atoms with van der Waals surface area (Å²) in [6, 6.07) is 7.00. The Balaban J connectivity index is 1.92. The van der Waals surface area contributed by atoms with E-state index in [1.165, 1.54) is 24.6 Å². The van der Waals surface area contributed by atoms with Gasteiger partial charge in [-0.15, -0.1) is 11.8 Å². The molecule has 0 heterocycles. The molecule has 1 unspecified atom stereocenters. The summed E-state index contributed by atoms with van der Waals surface area (Å²) in [5, 5.41) is 11.8. The van der Waals surface area contributed by atoms with Crippen LogP contribution >= 0.6 is 11.8 Å². The zero-order valence-corrected chi connectivity index (χ0v) is 12.3. The van der Waals surface area contributed by atoms with Crippen LogP contribution in [0.2, 0.25) is 0 Å². The predicted octanol–water partition coefficient (Wildman–Crippen LogP) is 2.92. The van der Waals surface area contributed by atoms with Crippen LogP contribution < -0.4 is 5.32 Å². The van der Waals surface area contributed by atoms with Gasteiger partial charge in [-0.3, -0.25) is 4.79 Å². The summed E-state index contributed by atoms with van der Waals surface area (Å²) >= 11 is 1.39. The summed E-state index contributed by atoms with van der Waals surface area (Å²) in [5.74, 6) is -0.918. The van der Waals surface area contributed by atoms with Crippen LogP contribution in [0.3, 0.4) is 0 Å². The standard InChI is InChI=1S/C15H19NO3S/c1-10(14(17)16-12-6-2-3-7-12)20-13-8-4-5-11(9-13)15(18)19/h4-5,8-10,12H,2-3,6-7H2,1H3,(H,16,17)(H,18,19). The lowest BCUT2D eigenvalue weighted by molar-refractivity contribution is -0.120. The monoisotopic (exact) mass is 293 g/mol. The lowest BCUT2D eigenvalue weighted by Gasteiger charge is -2.16. The van der Waals surface area contributed by atoms with E-state index in [9.17, 15) is 9.59 Å². The molecule has 20 heavy (non-hydrogen) atoms. The van der Waals surface area contributed by atoms with Gasteiger partial charge in [0.1, 0.15) is 0 Å². The molecule has 1 aromatic rings. The van der Waals surface area contributed by atoms with Gasteiger partial charge in [-0.2, -0.15) is 0 Å². The molecular weight excluding hydrogens is 274 g/mol. The van der Waals surface area contributed by atoms with Gasteiger partial charge < -0.3 is 10.4 Å². The highest BCUT2D eigenvalue weighted by Crippen LogP contribution is 2.25. The van der Waals surface area contributed by atoms with E-state index in [0.29, 0.717) is 6.04 Å². The van der Waals surface area contributed by atoms with Gasteiger partial charge in [-0.05, 0) is 38.0 Å². The quantitative estimate of drug-likeness (QED) is 0.819. The number of carbonyl (C=O) groups is 2. The number of carbonyl (C=O) groups excluding carboxylic acids is 1. The Hall–Kier alpha value is -1.49. The van der Waals surface area contributed by atoms with Crippen molar-refractivity contribution in [2.24, 2.45) is 0 Å². The van der Waals surface area contributed by atoms with Gasteiger partial charge >= 0.3 is 5.97 Å². The minimum absolute atomic E-state index is 0.0302. The van der Waals surface area contributed by atoms with Crippen molar-refractivity contribution in [2.75, 3.05) is 0 Å². The van der Waals surface area contributed by atoms with Gasteiger partial charge in [0, 0.05) is 10.9 Å². The van der Waals surface area contributed by atoms with Gasteiger partial charge in [0.05, 0.1) is 10.8 Å². The Morgan fingerprint density at radius 3 is 2.70 bits per heavy atom. The number of aromatic carboxylic acids is 1. The molecule has 0 bridgehead atoms. The Bertz CT molecular complexity index is 498. The van der Waals surface area contributed by atoms with E-state index >= 15 is 0 Å². The fourth-order valence-corrected chi connectivity index (χ4v) is 3.28. The first-order valence-corrected chi connectivity index (χ1v) is 7.74. The summed E-state index contributed by atoms with van der Waals surface area (Å²) in [6.07, 6.45) is 4.51. The molecule has 0 aliphatic heterocycles. The van der Waals surface area contributed by atoms with Crippen LogP contribution in [0, 0.1) is 0 Å². The summed E-state index contributed by atoms with van der Waals surface area (Å²) < 4.78 is 0. The summed E-state index contributed by atoms with van der Waals surface area (Å²) in [5.41, 5.74) is 0.249. The van der Waals surface area contributed by atoms with Crippen molar-refractivity contribution < 1.29 is 14.7 Å². The normalized spacial score (nSPS) is 16.9. The first-order valence-electron chi connectivity index (χ1n) is 6.86. The fourth-order valence-electron chi connectivity index (χ4n) is 2.35. The topological polar surface area (TPSA) is 66.4 Å². The molecule has 4 nitrogen and oxygen atoms in total. The average Bonchev–Trinajstić information content (AvgIpc) is 2.91. The predicted molar refractivity (Wildman–Crippen MR) is 79.1 cm³/mol. The summed E-state index contributed by atoms with van der Waals surface area (Å²) in [7, 11) is 0. The van der Waals surface area contributed by atoms with Gasteiger partial charge in [-0.25, -0.2) is 4.79 Å². The lowest BCUT2D eigenvalue weighted by Crippen LogP contribution is -2.37. The smallest absolute Gasteiger partial charge is 0.335 e. The number of amides is 1. The number of carboxylic acid groups (broad SMARTS) is 1. The van der Waals surface area contributed by atoms with Crippen molar-refractivity contribution >= 4 is 23.6 Å². The third kappa shape index (κ3) is 4.00. The van der Waals surface area contributed by atoms with Gasteiger partial charge in [0.25, 0.3) is 0 Å². The van der Waals surface area contributed by atoms with Crippen molar-refractivity contribution in [1.29, 1.82) is 0 Å². The van der Waals surface area contributed by atoms with Gasteiger partial charge in [-0.1, -0.05) is 18.9 Å². The first-order chi connectivity index (χ1) is 9.56. The minimum Gasteiger partial charge on any atom is -0.478 e. The number of thioether (sulfide) groups is 1. The third-order valence-electron chi connectivity index (χ3n) is 3.46. The number of hydrogen-bond acceptors (Lipinski definition) is 3. The highest BCUT2D eigenvalue weighted by atomic mass is 32.2. The van der Waals surface area contributed by atoms with Crippen molar-refractivity contribution in [1.82, 2.24) is 5.32 Å². The first kappa shape index (κ1) is 14.9. The Kier molecular flexibility index (Phi) is 5.06. The average molecular weight is 293 g/mol. The second kappa shape index (κ2) is 6.79. The number of hydrogen-bond donors (Lipinski definition) is 2. The maximum atomic E-state index is 12.1. The number of benzene rings is 1. The minimum atomic E-state index is -0.949. The molecule has 0 aromatic heterocycles. The molecule has 1 aromatic carbocycles. The van der Waals surface area contributed by atoms with Crippen molar-refractivity contribution in [3.8, 4) is 0 Å². The van der Waals surface area contributed by atoms with Crippen LogP contribution in [-0.2, 0) is 4.79 Å². The summed E-state index contributed by atoms with van der Waals surface area (Å²) in [6.45, 7) is 1.85. The number of nitrogens with one attached hydrogen (secondary N) is 1. The number of rotatable bonds is 5. The molecule has 2 rings (SSSR count). The maximum absolute atomic E-state index is 12.1. The van der Waals surface area contributed by atoms with Gasteiger partial charge in [0.2, 0.25) is 5.91 Å². The SMILES string of the molecule is CC(Sc1cccc(C(=O)O)c1)C(=O)NC1CCCC1. The zero-order chi connectivity index (χ0) is 14.5.